The van der Waals surface area contributed by atoms with E-state index in [1.165, 1.54) is 4.31 Å². The molecule has 0 bridgehead atoms. The van der Waals surface area contributed by atoms with E-state index in [1.54, 1.807) is 36.7 Å². The van der Waals surface area contributed by atoms with Crippen molar-refractivity contribution in [2.75, 3.05) is 19.7 Å². The molecule has 0 amide bonds. The van der Waals surface area contributed by atoms with E-state index in [4.69, 9.17) is 4.74 Å². The van der Waals surface area contributed by atoms with Crippen LogP contribution in [0.25, 0.3) is 11.0 Å². The number of fused-ring (bicyclic) bond motifs is 1. The number of rotatable bonds is 5. The Morgan fingerprint density at radius 3 is 2.65 bits per heavy atom. The molecule has 136 valence electrons. The van der Waals surface area contributed by atoms with E-state index in [9.17, 15) is 8.42 Å². The van der Waals surface area contributed by atoms with Gasteiger partial charge in [0.15, 0.2) is 0 Å². The van der Waals surface area contributed by atoms with Crippen molar-refractivity contribution in [3.63, 3.8) is 0 Å². The summed E-state index contributed by atoms with van der Waals surface area (Å²) in [4.78, 5) is 8.29. The summed E-state index contributed by atoms with van der Waals surface area (Å²) in [5.41, 5.74) is 1.06. The van der Waals surface area contributed by atoms with E-state index >= 15 is 0 Å². The Bertz CT molecular complexity index is 985. The lowest BCUT2D eigenvalue weighted by atomic mass is 9.99. The van der Waals surface area contributed by atoms with Crippen molar-refractivity contribution in [1.29, 1.82) is 0 Å². The molecule has 1 aromatic carbocycles. The van der Waals surface area contributed by atoms with Gasteiger partial charge in [0.2, 0.25) is 10.0 Å². The Balaban J connectivity index is 1.42. The van der Waals surface area contributed by atoms with E-state index < -0.39 is 10.0 Å². The minimum atomic E-state index is -3.58. The average Bonchev–Trinajstić information content (AvgIpc) is 3.16. The van der Waals surface area contributed by atoms with E-state index in [2.05, 4.69) is 18.7 Å². The molecular weight excluding hydrogens is 374 g/mol. The molecule has 0 saturated carbocycles. The fourth-order valence-electron chi connectivity index (χ4n) is 3.00. The van der Waals surface area contributed by atoms with Gasteiger partial charge in [-0.25, -0.2) is 18.4 Å². The Hall–Kier alpha value is -2.17. The lowest BCUT2D eigenvalue weighted by molar-refractivity contribution is 0.176. The Kier molecular flexibility index (Phi) is 4.79. The predicted octanol–water partition coefficient (Wildman–Crippen LogP) is 1.96. The summed E-state index contributed by atoms with van der Waals surface area (Å²) < 4.78 is 41.4. The number of benzene rings is 1. The molecule has 3 aromatic rings. The smallest absolute Gasteiger partial charge is 0.316 e. The van der Waals surface area contributed by atoms with Crippen molar-refractivity contribution >= 4 is 32.8 Å². The van der Waals surface area contributed by atoms with Crippen LogP contribution in [0.3, 0.4) is 0 Å². The van der Waals surface area contributed by atoms with Gasteiger partial charge in [-0.05, 0) is 37.0 Å². The molecular formula is C16H17N5O3S2. The Morgan fingerprint density at radius 2 is 1.88 bits per heavy atom. The summed E-state index contributed by atoms with van der Waals surface area (Å²) in [6.45, 7) is 1.41. The lowest BCUT2D eigenvalue weighted by Crippen LogP contribution is -2.39. The van der Waals surface area contributed by atoms with Crippen molar-refractivity contribution in [3.8, 4) is 6.01 Å². The number of nitrogens with zero attached hydrogens (tertiary/aromatic N) is 5. The van der Waals surface area contributed by atoms with E-state index in [-0.39, 0.29) is 10.8 Å². The molecule has 2 aromatic heterocycles. The molecule has 26 heavy (non-hydrogen) atoms. The molecule has 4 rings (SSSR count). The molecule has 0 aliphatic carbocycles. The summed E-state index contributed by atoms with van der Waals surface area (Å²) in [5, 5.41) is 0. The summed E-state index contributed by atoms with van der Waals surface area (Å²) >= 11 is 1.02. The van der Waals surface area contributed by atoms with Gasteiger partial charge in [-0.3, -0.25) is 0 Å². The maximum Gasteiger partial charge on any atom is 0.316 e. The zero-order valence-electron chi connectivity index (χ0n) is 13.9. The number of ether oxygens (including phenoxy) is 1. The molecule has 3 heterocycles. The summed E-state index contributed by atoms with van der Waals surface area (Å²) in [6.07, 6.45) is 4.73. The van der Waals surface area contributed by atoms with Crippen LogP contribution in [0, 0.1) is 5.92 Å². The number of hydrogen-bond donors (Lipinski definition) is 0. The van der Waals surface area contributed by atoms with Crippen molar-refractivity contribution in [3.05, 3.63) is 36.7 Å². The van der Waals surface area contributed by atoms with Gasteiger partial charge in [0, 0.05) is 25.5 Å². The first-order valence-electron chi connectivity index (χ1n) is 8.26. The molecule has 0 spiro atoms. The summed E-state index contributed by atoms with van der Waals surface area (Å²) in [7, 11) is -3.58. The second-order valence-electron chi connectivity index (χ2n) is 6.08. The number of aromatic nitrogens is 4. The van der Waals surface area contributed by atoms with Gasteiger partial charge in [0.05, 0.1) is 18.3 Å². The van der Waals surface area contributed by atoms with Crippen molar-refractivity contribution in [2.24, 2.45) is 5.92 Å². The maximum atomic E-state index is 13.0. The first-order valence-corrected chi connectivity index (χ1v) is 10.4. The second kappa shape index (κ2) is 7.22. The topological polar surface area (TPSA) is 98.2 Å². The normalized spacial score (nSPS) is 16.8. The summed E-state index contributed by atoms with van der Waals surface area (Å²) in [6, 6.07) is 7.16. The highest BCUT2D eigenvalue weighted by Crippen LogP contribution is 2.28. The second-order valence-corrected chi connectivity index (χ2v) is 8.51. The average molecular weight is 391 g/mol. The van der Waals surface area contributed by atoms with E-state index in [0.717, 1.165) is 24.6 Å². The fourth-order valence-corrected chi connectivity index (χ4v) is 5.22. The van der Waals surface area contributed by atoms with Gasteiger partial charge in [-0.1, -0.05) is 6.07 Å². The Labute approximate surface area is 155 Å². The lowest BCUT2D eigenvalue weighted by Gasteiger charge is -2.30. The van der Waals surface area contributed by atoms with Crippen molar-refractivity contribution < 1.29 is 13.2 Å². The van der Waals surface area contributed by atoms with Gasteiger partial charge < -0.3 is 4.74 Å². The zero-order valence-corrected chi connectivity index (χ0v) is 15.5. The third-order valence-electron chi connectivity index (χ3n) is 4.43. The van der Waals surface area contributed by atoms with Crippen LogP contribution in [0.1, 0.15) is 12.8 Å². The van der Waals surface area contributed by atoms with Gasteiger partial charge in [0.1, 0.15) is 15.9 Å². The van der Waals surface area contributed by atoms with E-state index in [0.29, 0.717) is 36.7 Å². The highest BCUT2D eigenvalue weighted by Gasteiger charge is 2.31. The zero-order chi connectivity index (χ0) is 18.0. The number of piperidine rings is 1. The van der Waals surface area contributed by atoms with Gasteiger partial charge in [-0.15, -0.1) is 0 Å². The third kappa shape index (κ3) is 3.39. The van der Waals surface area contributed by atoms with Crippen LogP contribution in [0.4, 0.5) is 0 Å². The SMILES string of the molecule is O=S(=O)(c1cccc2nsnc12)N1CCC(COc2ncccn2)CC1. The first kappa shape index (κ1) is 17.3. The van der Waals surface area contributed by atoms with Gasteiger partial charge in [0.25, 0.3) is 0 Å². The predicted molar refractivity (Wildman–Crippen MR) is 96.4 cm³/mol. The van der Waals surface area contributed by atoms with Crippen LogP contribution < -0.4 is 4.74 Å². The number of hydrogen-bond acceptors (Lipinski definition) is 8. The largest absolute Gasteiger partial charge is 0.463 e. The fraction of sp³-hybridized carbons (Fsp3) is 0.375. The first-order chi connectivity index (χ1) is 12.6. The third-order valence-corrected chi connectivity index (χ3v) is 6.90. The van der Waals surface area contributed by atoms with Crippen LogP contribution in [-0.2, 0) is 10.0 Å². The van der Waals surface area contributed by atoms with Gasteiger partial charge in [-0.2, -0.15) is 13.1 Å². The molecule has 0 atom stereocenters. The summed E-state index contributed by atoms with van der Waals surface area (Å²) in [5.74, 6) is 0.280. The molecule has 1 aliphatic rings. The van der Waals surface area contributed by atoms with E-state index in [1.807, 2.05) is 0 Å². The molecule has 10 heteroatoms. The molecule has 0 radical (unpaired) electrons. The molecule has 0 unspecified atom stereocenters. The molecule has 1 saturated heterocycles. The van der Waals surface area contributed by atoms with Crippen LogP contribution in [0.2, 0.25) is 0 Å². The highest BCUT2D eigenvalue weighted by molar-refractivity contribution is 7.89. The maximum absolute atomic E-state index is 13.0. The minimum Gasteiger partial charge on any atom is -0.463 e. The number of sulfonamides is 1. The van der Waals surface area contributed by atoms with Crippen LogP contribution >= 0.6 is 11.7 Å². The van der Waals surface area contributed by atoms with Crippen molar-refractivity contribution in [1.82, 2.24) is 23.0 Å². The van der Waals surface area contributed by atoms with Crippen LogP contribution in [0.15, 0.2) is 41.6 Å². The quantitative estimate of drug-likeness (QED) is 0.656. The van der Waals surface area contributed by atoms with Crippen molar-refractivity contribution in [2.45, 2.75) is 17.7 Å². The van der Waals surface area contributed by atoms with Gasteiger partial charge >= 0.3 is 6.01 Å². The van der Waals surface area contributed by atoms with Crippen LogP contribution in [-0.4, -0.2) is 51.1 Å². The highest BCUT2D eigenvalue weighted by atomic mass is 32.2. The minimum absolute atomic E-state index is 0.233. The molecule has 0 N–H and O–H groups in total. The Morgan fingerprint density at radius 1 is 1.12 bits per heavy atom. The monoisotopic (exact) mass is 391 g/mol. The molecule has 1 aliphatic heterocycles. The standard InChI is InChI=1S/C16H17N5O3S2/c22-26(23,14-4-1-3-13-15(14)20-25-19-13)21-9-5-12(6-10-21)11-24-16-17-7-2-8-18-16/h1-4,7-8,12H,5-6,9-11H2. The molecule has 1 fully saturated rings. The van der Waals surface area contributed by atoms with Crippen LogP contribution in [0.5, 0.6) is 6.01 Å². The molecule has 8 nitrogen and oxygen atoms in total.